The Bertz CT molecular complexity index is 437. The average molecular weight is 257 g/mol. The van der Waals surface area contributed by atoms with Crippen molar-refractivity contribution in [3.63, 3.8) is 0 Å². The fraction of sp³-hybridized carbons (Fsp3) is 0.667. The fourth-order valence-corrected chi connectivity index (χ4v) is 3.99. The quantitative estimate of drug-likeness (QED) is 0.786. The lowest BCUT2D eigenvalue weighted by atomic mass is 9.76. The van der Waals surface area contributed by atoms with Crippen LogP contribution >= 0.6 is 0 Å². The molecule has 1 heteroatoms. The lowest BCUT2D eigenvalue weighted by Crippen LogP contribution is -2.41. The van der Waals surface area contributed by atoms with Crippen molar-refractivity contribution in [3.05, 3.63) is 35.4 Å². The molecular formula is C18H27N. The summed E-state index contributed by atoms with van der Waals surface area (Å²) in [6.45, 7) is 9.48. The van der Waals surface area contributed by atoms with E-state index in [-0.39, 0.29) is 0 Å². The smallest absolute Gasteiger partial charge is 0.00385 e. The van der Waals surface area contributed by atoms with Crippen molar-refractivity contribution in [2.75, 3.05) is 13.1 Å². The van der Waals surface area contributed by atoms with E-state index < -0.39 is 0 Å². The summed E-state index contributed by atoms with van der Waals surface area (Å²) in [6.07, 6.45) is 5.63. The van der Waals surface area contributed by atoms with Gasteiger partial charge in [0.25, 0.3) is 0 Å². The fourth-order valence-electron chi connectivity index (χ4n) is 3.99. The Kier molecular flexibility index (Phi) is 3.42. The second-order valence-electron chi connectivity index (χ2n) is 6.93. The first-order chi connectivity index (χ1) is 9.12. The molecule has 0 spiro atoms. The highest BCUT2D eigenvalue weighted by Gasteiger charge is 2.50. The minimum Gasteiger partial charge on any atom is -0.301 e. The van der Waals surface area contributed by atoms with Gasteiger partial charge < -0.3 is 4.90 Å². The minimum absolute atomic E-state index is 0.551. The molecule has 0 amide bonds. The molecule has 0 atom stereocenters. The van der Waals surface area contributed by atoms with Gasteiger partial charge in [0.05, 0.1) is 0 Å². The SMILES string of the molecule is Cc1cccc(C2(C3CCN(C(C)C)CC3)CC2)c1. The van der Waals surface area contributed by atoms with E-state index in [4.69, 9.17) is 0 Å². The maximum Gasteiger partial charge on any atom is 0.00385 e. The third-order valence-corrected chi connectivity index (χ3v) is 5.42. The van der Waals surface area contributed by atoms with Gasteiger partial charge in [-0.3, -0.25) is 0 Å². The zero-order chi connectivity index (χ0) is 13.5. The second kappa shape index (κ2) is 4.94. The van der Waals surface area contributed by atoms with Crippen LogP contribution in [0.3, 0.4) is 0 Å². The van der Waals surface area contributed by atoms with Crippen LogP contribution in [0.5, 0.6) is 0 Å². The molecule has 19 heavy (non-hydrogen) atoms. The number of hydrogen-bond donors (Lipinski definition) is 0. The summed E-state index contributed by atoms with van der Waals surface area (Å²) >= 11 is 0. The maximum absolute atomic E-state index is 2.64. The summed E-state index contributed by atoms with van der Waals surface area (Å²) in [5.74, 6) is 0.921. The van der Waals surface area contributed by atoms with Gasteiger partial charge in [-0.25, -0.2) is 0 Å². The van der Waals surface area contributed by atoms with Crippen LogP contribution in [0.15, 0.2) is 24.3 Å². The van der Waals surface area contributed by atoms with E-state index >= 15 is 0 Å². The second-order valence-corrected chi connectivity index (χ2v) is 6.93. The number of piperidine rings is 1. The van der Waals surface area contributed by atoms with E-state index in [0.717, 1.165) is 12.0 Å². The van der Waals surface area contributed by atoms with Gasteiger partial charge in [0.1, 0.15) is 0 Å². The summed E-state index contributed by atoms with van der Waals surface area (Å²) in [4.78, 5) is 2.64. The van der Waals surface area contributed by atoms with Crippen molar-refractivity contribution in [2.45, 2.75) is 57.9 Å². The molecule has 1 aliphatic heterocycles. The predicted molar refractivity (Wildman–Crippen MR) is 81.5 cm³/mol. The van der Waals surface area contributed by atoms with Gasteiger partial charge in [-0.1, -0.05) is 29.8 Å². The van der Waals surface area contributed by atoms with E-state index in [1.54, 1.807) is 5.56 Å². The van der Waals surface area contributed by atoms with Gasteiger partial charge in [0, 0.05) is 6.04 Å². The molecule has 0 unspecified atom stereocenters. The Morgan fingerprint density at radius 2 is 1.84 bits per heavy atom. The topological polar surface area (TPSA) is 3.24 Å². The molecule has 0 N–H and O–H groups in total. The molecule has 0 aromatic heterocycles. The summed E-state index contributed by atoms with van der Waals surface area (Å²) in [7, 11) is 0. The van der Waals surface area contributed by atoms with E-state index in [1.807, 2.05) is 0 Å². The molecule has 104 valence electrons. The predicted octanol–water partition coefficient (Wildman–Crippen LogP) is 4.15. The lowest BCUT2D eigenvalue weighted by molar-refractivity contribution is 0.132. The van der Waals surface area contributed by atoms with E-state index in [9.17, 15) is 0 Å². The number of rotatable bonds is 3. The van der Waals surface area contributed by atoms with Crippen LogP contribution in [0.2, 0.25) is 0 Å². The monoisotopic (exact) mass is 257 g/mol. The largest absolute Gasteiger partial charge is 0.301 e. The van der Waals surface area contributed by atoms with E-state index in [2.05, 4.69) is 49.9 Å². The van der Waals surface area contributed by atoms with Gasteiger partial charge in [-0.15, -0.1) is 0 Å². The molecule has 1 aliphatic carbocycles. The zero-order valence-electron chi connectivity index (χ0n) is 12.7. The summed E-state index contributed by atoms with van der Waals surface area (Å²) in [5, 5.41) is 0. The molecule has 2 fully saturated rings. The molecule has 0 bridgehead atoms. The van der Waals surface area contributed by atoms with Crippen LogP contribution in [-0.2, 0) is 5.41 Å². The van der Waals surface area contributed by atoms with Gasteiger partial charge in [0.15, 0.2) is 0 Å². The molecule has 2 aliphatic rings. The molecular weight excluding hydrogens is 230 g/mol. The van der Waals surface area contributed by atoms with Crippen molar-refractivity contribution in [3.8, 4) is 0 Å². The van der Waals surface area contributed by atoms with Crippen LogP contribution in [-0.4, -0.2) is 24.0 Å². The summed E-state index contributed by atoms with van der Waals surface area (Å²) < 4.78 is 0. The maximum atomic E-state index is 2.64. The van der Waals surface area contributed by atoms with Crippen molar-refractivity contribution in [2.24, 2.45) is 5.92 Å². The molecule has 1 heterocycles. The number of nitrogens with zero attached hydrogens (tertiary/aromatic N) is 1. The van der Waals surface area contributed by atoms with Crippen LogP contribution in [0.25, 0.3) is 0 Å². The Hall–Kier alpha value is -0.820. The Balaban J connectivity index is 1.73. The number of aryl methyl sites for hydroxylation is 1. The molecule has 1 aromatic rings. The highest BCUT2D eigenvalue weighted by molar-refractivity contribution is 5.35. The summed E-state index contributed by atoms with van der Waals surface area (Å²) in [6, 6.07) is 9.99. The van der Waals surface area contributed by atoms with Crippen molar-refractivity contribution < 1.29 is 0 Å². The van der Waals surface area contributed by atoms with Crippen molar-refractivity contribution in [1.82, 2.24) is 4.90 Å². The zero-order valence-corrected chi connectivity index (χ0v) is 12.7. The summed E-state index contributed by atoms with van der Waals surface area (Å²) in [5.41, 5.74) is 3.59. The molecule has 3 rings (SSSR count). The minimum atomic E-state index is 0.551. The van der Waals surface area contributed by atoms with Crippen molar-refractivity contribution >= 4 is 0 Å². The van der Waals surface area contributed by atoms with E-state index in [1.165, 1.54) is 44.3 Å². The van der Waals surface area contributed by atoms with Crippen LogP contribution < -0.4 is 0 Å². The molecule has 1 saturated heterocycles. The molecule has 0 radical (unpaired) electrons. The first-order valence-corrected chi connectivity index (χ1v) is 7.93. The lowest BCUT2D eigenvalue weighted by Gasteiger charge is -2.38. The molecule has 1 saturated carbocycles. The van der Waals surface area contributed by atoms with Crippen molar-refractivity contribution in [1.29, 1.82) is 0 Å². The van der Waals surface area contributed by atoms with Crippen LogP contribution in [0.1, 0.15) is 50.7 Å². The number of likely N-dealkylation sites (tertiary alicyclic amines) is 1. The Morgan fingerprint density at radius 1 is 1.16 bits per heavy atom. The van der Waals surface area contributed by atoms with Gasteiger partial charge in [-0.2, -0.15) is 0 Å². The standard InChI is InChI=1S/C18H27N/c1-14(2)19-11-7-16(8-12-19)18(9-10-18)17-6-4-5-15(3)13-17/h4-6,13-14,16H,7-12H2,1-3H3. The third kappa shape index (κ3) is 2.45. The highest BCUT2D eigenvalue weighted by Crippen LogP contribution is 2.56. The van der Waals surface area contributed by atoms with Gasteiger partial charge >= 0.3 is 0 Å². The number of hydrogen-bond acceptors (Lipinski definition) is 1. The molecule has 1 aromatic carbocycles. The highest BCUT2D eigenvalue weighted by atomic mass is 15.1. The Morgan fingerprint density at radius 3 is 2.37 bits per heavy atom. The first kappa shape index (κ1) is 13.2. The Labute approximate surface area is 118 Å². The normalized spacial score (nSPS) is 23.8. The molecule has 1 nitrogen and oxygen atoms in total. The van der Waals surface area contributed by atoms with Crippen LogP contribution in [0.4, 0.5) is 0 Å². The number of benzene rings is 1. The van der Waals surface area contributed by atoms with Gasteiger partial charge in [-0.05, 0) is 76.4 Å². The first-order valence-electron chi connectivity index (χ1n) is 7.93. The van der Waals surface area contributed by atoms with E-state index in [0.29, 0.717) is 5.41 Å². The van der Waals surface area contributed by atoms with Gasteiger partial charge in [0.2, 0.25) is 0 Å². The van der Waals surface area contributed by atoms with Crippen LogP contribution in [0, 0.1) is 12.8 Å². The average Bonchev–Trinajstić information content (AvgIpc) is 3.20. The third-order valence-electron chi connectivity index (χ3n) is 5.42.